The Morgan fingerprint density at radius 3 is 2.61 bits per heavy atom. The van der Waals surface area contributed by atoms with E-state index in [4.69, 9.17) is 10.5 Å². The second-order valence-corrected chi connectivity index (χ2v) is 8.31. The lowest BCUT2D eigenvalue weighted by Gasteiger charge is -2.18. The summed E-state index contributed by atoms with van der Waals surface area (Å²) < 4.78 is 46.6. The van der Waals surface area contributed by atoms with E-state index in [0.29, 0.717) is 24.9 Å². The van der Waals surface area contributed by atoms with Crippen LogP contribution in [0.25, 0.3) is 0 Å². The van der Waals surface area contributed by atoms with Crippen molar-refractivity contribution >= 4 is 37.6 Å². The number of benzene rings is 2. The molecule has 4 N–H and O–H groups in total. The molecule has 0 saturated heterocycles. The van der Waals surface area contributed by atoms with Crippen molar-refractivity contribution < 1.29 is 27.4 Å². The molecule has 0 spiro atoms. The summed E-state index contributed by atoms with van der Waals surface area (Å²) in [5, 5.41) is 9.68. The van der Waals surface area contributed by atoms with Crippen molar-refractivity contribution in [2.75, 3.05) is 17.9 Å². The number of carboxylic acids is 1. The summed E-state index contributed by atoms with van der Waals surface area (Å²) >= 11 is 3.01. The molecule has 152 valence electrons. The zero-order valence-electron chi connectivity index (χ0n) is 15.0. The number of nitrogens with two attached hydrogens (primary N) is 1. The second-order valence-electron chi connectivity index (χ2n) is 5.81. The molecule has 0 unspecified atom stereocenters. The number of rotatable bonds is 9. The van der Waals surface area contributed by atoms with Gasteiger partial charge < -0.3 is 15.6 Å². The third kappa shape index (κ3) is 5.00. The van der Waals surface area contributed by atoms with Gasteiger partial charge in [-0.1, -0.05) is 13.0 Å². The lowest BCUT2D eigenvalue weighted by Crippen LogP contribution is -2.18. The molecular formula is C18H20BrFN2O5S. The summed E-state index contributed by atoms with van der Waals surface area (Å²) in [6.07, 6.45) is 1.01. The van der Waals surface area contributed by atoms with Gasteiger partial charge in [0.2, 0.25) is 0 Å². The maximum absolute atomic E-state index is 13.3. The van der Waals surface area contributed by atoms with Crippen LogP contribution < -0.4 is 15.2 Å². The van der Waals surface area contributed by atoms with E-state index in [-0.39, 0.29) is 33.0 Å². The number of hydrogen-bond acceptors (Lipinski definition) is 5. The van der Waals surface area contributed by atoms with Crippen LogP contribution in [0, 0.1) is 5.82 Å². The minimum Gasteiger partial charge on any atom is -0.492 e. The van der Waals surface area contributed by atoms with E-state index < -0.39 is 21.8 Å². The first-order valence-electron chi connectivity index (χ1n) is 8.41. The number of aromatic carboxylic acids is 1. The summed E-state index contributed by atoms with van der Waals surface area (Å²) in [6, 6.07) is 6.06. The SMILES string of the molecule is CCc1ccc(NS(=O)(=O)c2ccc(F)cc2Br)c(C(=O)O)c1OCCCN. The van der Waals surface area contributed by atoms with Gasteiger partial charge in [-0.05, 0) is 65.1 Å². The molecule has 0 bridgehead atoms. The predicted octanol–water partition coefficient (Wildman–Crippen LogP) is 3.38. The third-order valence-electron chi connectivity index (χ3n) is 3.86. The van der Waals surface area contributed by atoms with Gasteiger partial charge in [0, 0.05) is 4.47 Å². The maximum atomic E-state index is 13.3. The molecule has 7 nitrogen and oxygen atoms in total. The molecule has 2 rings (SSSR count). The summed E-state index contributed by atoms with van der Waals surface area (Å²) in [5.41, 5.74) is 5.63. The molecule has 0 fully saturated rings. The largest absolute Gasteiger partial charge is 0.492 e. The van der Waals surface area contributed by atoms with Gasteiger partial charge in [-0.2, -0.15) is 0 Å². The van der Waals surface area contributed by atoms with E-state index >= 15 is 0 Å². The topological polar surface area (TPSA) is 119 Å². The average Bonchev–Trinajstić information content (AvgIpc) is 2.61. The van der Waals surface area contributed by atoms with Crippen LogP contribution in [0.4, 0.5) is 10.1 Å². The zero-order chi connectivity index (χ0) is 20.9. The van der Waals surface area contributed by atoms with E-state index in [2.05, 4.69) is 20.7 Å². The third-order valence-corrected chi connectivity index (χ3v) is 6.20. The Balaban J connectivity index is 2.52. The van der Waals surface area contributed by atoms with Crippen LogP contribution in [0.3, 0.4) is 0 Å². The number of carboxylic acid groups (broad SMARTS) is 1. The van der Waals surface area contributed by atoms with Crippen molar-refractivity contribution in [1.82, 2.24) is 0 Å². The Morgan fingerprint density at radius 1 is 1.32 bits per heavy atom. The lowest BCUT2D eigenvalue weighted by atomic mass is 10.0. The molecule has 0 heterocycles. The fourth-order valence-electron chi connectivity index (χ4n) is 2.52. The Labute approximate surface area is 170 Å². The molecule has 0 aliphatic rings. The molecule has 0 amide bonds. The highest BCUT2D eigenvalue weighted by Crippen LogP contribution is 2.34. The highest BCUT2D eigenvalue weighted by Gasteiger charge is 2.25. The van der Waals surface area contributed by atoms with Gasteiger partial charge in [0.15, 0.2) is 0 Å². The van der Waals surface area contributed by atoms with Crippen LogP contribution in [0.5, 0.6) is 5.75 Å². The number of carbonyl (C=O) groups is 1. The Hall–Kier alpha value is -2.17. The Bertz CT molecular complexity index is 982. The molecule has 0 aromatic heterocycles. The minimum absolute atomic E-state index is 0.0153. The average molecular weight is 475 g/mol. The van der Waals surface area contributed by atoms with E-state index in [1.54, 1.807) is 6.07 Å². The lowest BCUT2D eigenvalue weighted by molar-refractivity contribution is 0.0693. The maximum Gasteiger partial charge on any atom is 0.341 e. The molecule has 2 aromatic carbocycles. The normalized spacial score (nSPS) is 11.3. The van der Waals surface area contributed by atoms with Crippen molar-refractivity contribution in [2.24, 2.45) is 5.73 Å². The molecule has 10 heteroatoms. The molecule has 28 heavy (non-hydrogen) atoms. The molecule has 0 radical (unpaired) electrons. The molecule has 0 aliphatic carbocycles. The van der Waals surface area contributed by atoms with E-state index in [1.165, 1.54) is 6.07 Å². The summed E-state index contributed by atoms with van der Waals surface area (Å²) in [7, 11) is -4.18. The number of hydrogen-bond donors (Lipinski definition) is 3. The fraction of sp³-hybridized carbons (Fsp3) is 0.278. The van der Waals surface area contributed by atoms with Crippen molar-refractivity contribution in [2.45, 2.75) is 24.7 Å². The van der Waals surface area contributed by atoms with Gasteiger partial charge in [0.05, 0.1) is 12.3 Å². The first-order valence-corrected chi connectivity index (χ1v) is 10.7. The number of nitrogens with one attached hydrogen (secondary N) is 1. The first kappa shape index (κ1) is 22.1. The van der Waals surface area contributed by atoms with Gasteiger partial charge in [-0.15, -0.1) is 0 Å². The molecular weight excluding hydrogens is 455 g/mol. The van der Waals surface area contributed by atoms with E-state index in [0.717, 1.165) is 18.2 Å². The highest BCUT2D eigenvalue weighted by molar-refractivity contribution is 9.10. The minimum atomic E-state index is -4.18. The standard InChI is InChI=1S/C18H20BrFN2O5S/c1-2-11-4-6-14(16(18(23)24)17(11)27-9-3-8-21)22-28(25,26)15-7-5-12(20)10-13(15)19/h4-7,10,22H,2-3,8-9,21H2,1H3,(H,23,24). The van der Waals surface area contributed by atoms with Crippen LogP contribution in [0.1, 0.15) is 29.3 Å². The number of aryl methyl sites for hydroxylation is 1. The van der Waals surface area contributed by atoms with Crippen molar-refractivity contribution in [3.05, 3.63) is 51.7 Å². The number of ether oxygens (including phenoxy) is 1. The molecule has 0 saturated carbocycles. The molecule has 0 atom stereocenters. The Kier molecular flexibility index (Phi) is 7.39. The van der Waals surface area contributed by atoms with Crippen molar-refractivity contribution in [3.8, 4) is 5.75 Å². The molecule has 0 aliphatic heterocycles. The first-order chi connectivity index (χ1) is 13.2. The second kappa shape index (κ2) is 9.35. The fourth-order valence-corrected chi connectivity index (χ4v) is 4.64. The molecule has 2 aromatic rings. The van der Waals surface area contributed by atoms with Gasteiger partial charge in [-0.25, -0.2) is 17.6 Å². The summed E-state index contributed by atoms with van der Waals surface area (Å²) in [6.45, 7) is 2.40. The van der Waals surface area contributed by atoms with Crippen LogP contribution in [0.15, 0.2) is 39.7 Å². The summed E-state index contributed by atoms with van der Waals surface area (Å²) in [5.74, 6) is -1.85. The zero-order valence-corrected chi connectivity index (χ0v) is 17.4. The van der Waals surface area contributed by atoms with E-state index in [9.17, 15) is 22.7 Å². The van der Waals surface area contributed by atoms with Gasteiger partial charge >= 0.3 is 5.97 Å². The van der Waals surface area contributed by atoms with E-state index in [1.807, 2.05) is 6.92 Å². The Morgan fingerprint density at radius 2 is 2.04 bits per heavy atom. The number of anilines is 1. The van der Waals surface area contributed by atoms with Crippen LogP contribution in [-0.2, 0) is 16.4 Å². The van der Waals surface area contributed by atoms with Crippen molar-refractivity contribution in [1.29, 1.82) is 0 Å². The predicted molar refractivity (Wildman–Crippen MR) is 107 cm³/mol. The quantitative estimate of drug-likeness (QED) is 0.479. The smallest absolute Gasteiger partial charge is 0.341 e. The van der Waals surface area contributed by atoms with Gasteiger partial charge in [-0.3, -0.25) is 4.72 Å². The number of halogens is 2. The van der Waals surface area contributed by atoms with Crippen LogP contribution in [0.2, 0.25) is 0 Å². The summed E-state index contributed by atoms with van der Waals surface area (Å²) in [4.78, 5) is 11.7. The van der Waals surface area contributed by atoms with Crippen molar-refractivity contribution in [3.63, 3.8) is 0 Å². The number of sulfonamides is 1. The van der Waals surface area contributed by atoms with Gasteiger partial charge in [0.25, 0.3) is 10.0 Å². The van der Waals surface area contributed by atoms with Crippen LogP contribution in [-0.4, -0.2) is 32.6 Å². The van der Waals surface area contributed by atoms with Gasteiger partial charge in [0.1, 0.15) is 22.0 Å². The van der Waals surface area contributed by atoms with Crippen LogP contribution >= 0.6 is 15.9 Å². The highest BCUT2D eigenvalue weighted by atomic mass is 79.9. The monoisotopic (exact) mass is 474 g/mol.